The summed E-state index contributed by atoms with van der Waals surface area (Å²) >= 11 is 1.33. The van der Waals surface area contributed by atoms with Crippen molar-refractivity contribution in [2.24, 2.45) is 0 Å². The van der Waals surface area contributed by atoms with Crippen LogP contribution in [-0.4, -0.2) is 50.6 Å². The molecular weight excluding hydrogens is 451 g/mol. The topological polar surface area (TPSA) is 75.9 Å². The Morgan fingerprint density at radius 2 is 2.00 bits per heavy atom. The first-order valence-corrected chi connectivity index (χ1v) is 11.8. The summed E-state index contributed by atoms with van der Waals surface area (Å²) in [6, 6.07) is 9.62. The zero-order chi connectivity index (χ0) is 26.3. The van der Waals surface area contributed by atoms with E-state index in [1.807, 2.05) is 6.07 Å². The highest BCUT2D eigenvalue weighted by Gasteiger charge is 2.25. The van der Waals surface area contributed by atoms with E-state index in [4.69, 9.17) is 4.11 Å². The average Bonchev–Trinajstić information content (AvgIpc) is 3.46. The van der Waals surface area contributed by atoms with Crippen molar-refractivity contribution in [1.29, 1.82) is 0 Å². The Morgan fingerprint density at radius 3 is 2.68 bits per heavy atom. The molecule has 9 heteroatoms. The zero-order valence-corrected chi connectivity index (χ0v) is 19.5. The third-order valence-corrected chi connectivity index (χ3v) is 6.66. The van der Waals surface area contributed by atoms with Gasteiger partial charge in [0.2, 0.25) is 0 Å². The molecule has 0 atom stereocenters. The SMILES string of the molecule is [2H]C([2H])([2H])N1CC(c2ccc(NC(=O)c3csc(-c4c(C(C)C)cnn4-c4ccc(F)cc4)n3)nc2)C1. The van der Waals surface area contributed by atoms with E-state index in [9.17, 15) is 9.18 Å². The number of halogens is 1. The van der Waals surface area contributed by atoms with Crippen molar-refractivity contribution in [2.75, 3.05) is 25.4 Å². The first kappa shape index (κ1) is 18.9. The van der Waals surface area contributed by atoms with Crippen molar-refractivity contribution < 1.29 is 13.3 Å². The van der Waals surface area contributed by atoms with Gasteiger partial charge in [0.15, 0.2) is 0 Å². The van der Waals surface area contributed by atoms with Gasteiger partial charge in [-0.05, 0) is 48.8 Å². The largest absolute Gasteiger partial charge is 0.305 e. The molecule has 1 aliphatic heterocycles. The van der Waals surface area contributed by atoms with Gasteiger partial charge in [-0.3, -0.25) is 4.79 Å². The molecule has 4 aromatic rings. The van der Waals surface area contributed by atoms with E-state index >= 15 is 0 Å². The quantitative estimate of drug-likeness (QED) is 0.424. The molecule has 0 bridgehead atoms. The van der Waals surface area contributed by atoms with Crippen molar-refractivity contribution in [3.63, 3.8) is 0 Å². The number of likely N-dealkylation sites (tertiary alicyclic amines) is 1. The number of anilines is 1. The van der Waals surface area contributed by atoms with E-state index < -0.39 is 6.98 Å². The van der Waals surface area contributed by atoms with Crippen LogP contribution in [0.1, 0.15) is 51.4 Å². The van der Waals surface area contributed by atoms with Gasteiger partial charge in [-0.1, -0.05) is 19.9 Å². The number of hydrogen-bond donors (Lipinski definition) is 1. The van der Waals surface area contributed by atoms with Crippen molar-refractivity contribution in [2.45, 2.75) is 25.7 Å². The fraction of sp³-hybridized carbons (Fsp3) is 0.280. The smallest absolute Gasteiger partial charge is 0.276 e. The van der Waals surface area contributed by atoms with Crippen molar-refractivity contribution in [3.05, 3.63) is 76.8 Å². The fourth-order valence-corrected chi connectivity index (χ4v) is 4.70. The summed E-state index contributed by atoms with van der Waals surface area (Å²) in [4.78, 5) is 23.3. The molecular formula is C25H25FN6OS. The molecule has 4 heterocycles. The number of aromatic nitrogens is 4. The molecule has 1 aliphatic rings. The van der Waals surface area contributed by atoms with Crippen LogP contribution in [0.3, 0.4) is 0 Å². The maximum absolute atomic E-state index is 13.5. The van der Waals surface area contributed by atoms with Gasteiger partial charge in [-0.15, -0.1) is 11.3 Å². The standard InChI is InChI=1S/C25H25FN6OS/c1-15(2)20-11-28-32(19-7-5-18(26)6-8-19)23(20)25-29-21(14-34-25)24(33)30-22-9-4-16(10-27-22)17-12-31(3)13-17/h4-11,14-15,17H,12-13H2,1-3H3,(H,27,30,33)/i3D3. The maximum atomic E-state index is 13.5. The lowest BCUT2D eigenvalue weighted by Gasteiger charge is -2.36. The lowest BCUT2D eigenvalue weighted by molar-refractivity contribution is 0.102. The molecule has 0 spiro atoms. The number of benzene rings is 1. The Kier molecular flexibility index (Phi) is 5.05. The minimum absolute atomic E-state index is 0.111. The van der Waals surface area contributed by atoms with Crippen LogP contribution in [0.2, 0.25) is 0 Å². The van der Waals surface area contributed by atoms with Gasteiger partial charge in [-0.2, -0.15) is 5.10 Å². The van der Waals surface area contributed by atoms with Gasteiger partial charge in [0, 0.05) is 40.3 Å². The highest BCUT2D eigenvalue weighted by molar-refractivity contribution is 7.13. The first-order chi connectivity index (χ1) is 17.6. The van der Waals surface area contributed by atoms with Crippen molar-refractivity contribution in [1.82, 2.24) is 24.6 Å². The molecule has 5 rings (SSSR count). The summed E-state index contributed by atoms with van der Waals surface area (Å²) in [5, 5.41) is 9.59. The number of nitrogens with zero attached hydrogens (tertiary/aromatic N) is 5. The summed E-state index contributed by atoms with van der Waals surface area (Å²) in [6.45, 7) is 2.94. The van der Waals surface area contributed by atoms with E-state index in [1.54, 1.807) is 40.7 Å². The molecule has 1 fully saturated rings. The predicted molar refractivity (Wildman–Crippen MR) is 131 cm³/mol. The number of thiazole rings is 1. The highest BCUT2D eigenvalue weighted by atomic mass is 32.1. The van der Waals surface area contributed by atoms with Gasteiger partial charge in [-0.25, -0.2) is 19.0 Å². The minimum atomic E-state index is -2.07. The van der Waals surface area contributed by atoms with Crippen LogP contribution in [0.25, 0.3) is 16.4 Å². The number of likely N-dealkylation sites (N-methyl/N-ethyl adjacent to an activating group) is 1. The summed E-state index contributed by atoms with van der Waals surface area (Å²) in [5.41, 5.74) is 3.61. The number of nitrogens with one attached hydrogen (secondary N) is 1. The Hall–Kier alpha value is -3.43. The third-order valence-electron chi connectivity index (χ3n) is 5.81. The Bertz CT molecular complexity index is 1410. The second kappa shape index (κ2) is 9.08. The summed E-state index contributed by atoms with van der Waals surface area (Å²) < 4.78 is 37.5. The molecule has 1 saturated heterocycles. The van der Waals surface area contributed by atoms with Crippen LogP contribution >= 0.6 is 11.3 Å². The van der Waals surface area contributed by atoms with Gasteiger partial charge in [0.1, 0.15) is 28.0 Å². The summed E-state index contributed by atoms with van der Waals surface area (Å²) in [5.74, 6) is -0.0643. The van der Waals surface area contributed by atoms with Gasteiger partial charge in [0.25, 0.3) is 5.91 Å². The molecule has 0 saturated carbocycles. The molecule has 1 aromatic carbocycles. The Labute approximate surface area is 205 Å². The number of amides is 1. The monoisotopic (exact) mass is 479 g/mol. The third kappa shape index (κ3) is 4.36. The first-order valence-electron chi connectivity index (χ1n) is 12.4. The van der Waals surface area contributed by atoms with Crippen LogP contribution in [0.5, 0.6) is 0 Å². The second-order valence-electron chi connectivity index (χ2n) is 8.56. The number of carbonyl (C=O) groups excluding carboxylic acids is 1. The lowest BCUT2D eigenvalue weighted by atomic mass is 9.93. The second-order valence-corrected chi connectivity index (χ2v) is 9.42. The van der Waals surface area contributed by atoms with Crippen LogP contribution in [0, 0.1) is 5.82 Å². The molecule has 3 aromatic heterocycles. The molecule has 1 N–H and O–H groups in total. The lowest BCUT2D eigenvalue weighted by Crippen LogP contribution is -2.41. The van der Waals surface area contributed by atoms with E-state index in [2.05, 4.69) is 34.2 Å². The maximum Gasteiger partial charge on any atom is 0.276 e. The number of carbonyl (C=O) groups is 1. The minimum Gasteiger partial charge on any atom is -0.305 e. The molecule has 7 nitrogen and oxygen atoms in total. The van der Waals surface area contributed by atoms with Crippen molar-refractivity contribution in [3.8, 4) is 16.4 Å². The van der Waals surface area contributed by atoms with Crippen molar-refractivity contribution >= 4 is 23.1 Å². The Balaban J connectivity index is 1.32. The Morgan fingerprint density at radius 1 is 1.21 bits per heavy atom. The van der Waals surface area contributed by atoms with Crippen LogP contribution in [0.15, 0.2) is 54.2 Å². The fourth-order valence-electron chi connectivity index (χ4n) is 3.85. The number of hydrogen-bond acceptors (Lipinski definition) is 6. The number of pyridine rings is 1. The average molecular weight is 480 g/mol. The molecule has 0 aliphatic carbocycles. The normalized spacial score (nSPS) is 16.1. The number of rotatable bonds is 6. The van der Waals surface area contributed by atoms with Gasteiger partial charge < -0.3 is 10.2 Å². The zero-order valence-electron chi connectivity index (χ0n) is 21.7. The molecule has 0 unspecified atom stereocenters. The van der Waals surface area contributed by atoms with E-state index in [1.165, 1.54) is 28.4 Å². The molecule has 0 radical (unpaired) electrons. The van der Waals surface area contributed by atoms with Gasteiger partial charge >= 0.3 is 0 Å². The van der Waals surface area contributed by atoms with E-state index in [0.29, 0.717) is 29.6 Å². The van der Waals surface area contributed by atoms with Crippen LogP contribution < -0.4 is 5.32 Å². The molecule has 1 amide bonds. The molecule has 34 heavy (non-hydrogen) atoms. The summed E-state index contributed by atoms with van der Waals surface area (Å²) in [6.07, 6.45) is 3.44. The highest BCUT2D eigenvalue weighted by Crippen LogP contribution is 2.33. The van der Waals surface area contributed by atoms with Gasteiger partial charge in [0.05, 0.1) is 11.9 Å². The van der Waals surface area contributed by atoms with E-state index in [-0.39, 0.29) is 29.3 Å². The van der Waals surface area contributed by atoms with Crippen LogP contribution in [0.4, 0.5) is 10.2 Å². The predicted octanol–water partition coefficient (Wildman–Crippen LogP) is 4.93. The van der Waals surface area contributed by atoms with E-state index in [0.717, 1.165) is 16.8 Å². The summed E-state index contributed by atoms with van der Waals surface area (Å²) in [7, 11) is 0. The van der Waals surface area contributed by atoms with Crippen LogP contribution in [-0.2, 0) is 0 Å². The molecule has 174 valence electrons.